The fourth-order valence-electron chi connectivity index (χ4n) is 4.57. The molecule has 2 aliphatic rings. The van der Waals surface area contributed by atoms with E-state index in [4.69, 9.17) is 4.42 Å². The number of nitrogens with zero attached hydrogens (tertiary/aromatic N) is 4. The van der Waals surface area contributed by atoms with Crippen molar-refractivity contribution in [3.63, 3.8) is 0 Å². The second kappa shape index (κ2) is 6.15. The molecule has 0 unspecified atom stereocenters. The molecule has 4 aromatic rings. The van der Waals surface area contributed by atoms with E-state index in [0.29, 0.717) is 22.4 Å². The maximum atomic E-state index is 12.8. The number of aromatic nitrogens is 3. The third-order valence-corrected chi connectivity index (χ3v) is 6.32. The predicted octanol–water partition coefficient (Wildman–Crippen LogP) is 3.06. The van der Waals surface area contributed by atoms with Gasteiger partial charge in [0.1, 0.15) is 5.58 Å². The zero-order valence-electron chi connectivity index (χ0n) is 17.1. The fourth-order valence-corrected chi connectivity index (χ4v) is 4.57. The van der Waals surface area contributed by atoms with Gasteiger partial charge in [0, 0.05) is 54.7 Å². The Balaban J connectivity index is 1.41. The van der Waals surface area contributed by atoms with Crippen molar-refractivity contribution in [1.29, 1.82) is 0 Å². The molecule has 1 aliphatic heterocycles. The minimum Gasteiger partial charge on any atom is -0.422 e. The van der Waals surface area contributed by atoms with Crippen molar-refractivity contribution in [2.24, 2.45) is 0 Å². The van der Waals surface area contributed by atoms with Crippen molar-refractivity contribution in [3.05, 3.63) is 58.5 Å². The Morgan fingerprint density at radius 2 is 2.00 bits per heavy atom. The van der Waals surface area contributed by atoms with Crippen molar-refractivity contribution in [1.82, 2.24) is 19.7 Å². The average Bonchev–Trinajstić information content (AvgIpc) is 3.31. The molecule has 30 heavy (non-hydrogen) atoms. The molecule has 7 nitrogen and oxygen atoms in total. The largest absolute Gasteiger partial charge is 0.422 e. The highest BCUT2D eigenvalue weighted by Gasteiger charge is 2.45. The molecule has 7 heteroatoms. The molecular formula is C23H23N5O2. The summed E-state index contributed by atoms with van der Waals surface area (Å²) in [5.41, 5.74) is 5.20. The molecule has 6 rings (SSSR count). The number of imidazole rings is 1. The molecule has 1 aliphatic carbocycles. The number of hydrogen-bond donors (Lipinski definition) is 1. The topological polar surface area (TPSA) is 75.7 Å². The van der Waals surface area contributed by atoms with Gasteiger partial charge in [-0.1, -0.05) is 0 Å². The average molecular weight is 401 g/mol. The highest BCUT2D eigenvalue weighted by atomic mass is 16.4. The van der Waals surface area contributed by atoms with Crippen LogP contribution in [-0.2, 0) is 0 Å². The van der Waals surface area contributed by atoms with Gasteiger partial charge in [-0.25, -0.2) is 9.78 Å². The van der Waals surface area contributed by atoms with Crippen LogP contribution in [0.25, 0.3) is 27.9 Å². The molecule has 0 atom stereocenters. The van der Waals surface area contributed by atoms with Gasteiger partial charge in [-0.2, -0.15) is 0 Å². The normalized spacial score (nSPS) is 17.9. The lowest BCUT2D eigenvalue weighted by atomic mass is 10.1. The van der Waals surface area contributed by atoms with Gasteiger partial charge < -0.3 is 19.0 Å². The van der Waals surface area contributed by atoms with Gasteiger partial charge in [0.25, 0.3) is 0 Å². The summed E-state index contributed by atoms with van der Waals surface area (Å²) in [4.78, 5) is 24.3. The Hall–Kier alpha value is -3.19. The van der Waals surface area contributed by atoms with Gasteiger partial charge >= 0.3 is 5.63 Å². The Bertz CT molecular complexity index is 1370. The molecule has 4 heterocycles. The molecule has 1 N–H and O–H groups in total. The standard InChI is InChI=1S/C23H23N5O2/c1-14-11-28-12-19(26-21(28)15(2)25-14)18-9-16-3-4-17(10-20(16)30-22(18)29)27-8-7-24-23(13-27)5-6-23/h3-4,9-12,24H,5-8,13H2,1-2H3. The molecule has 1 saturated heterocycles. The summed E-state index contributed by atoms with van der Waals surface area (Å²) >= 11 is 0. The first-order valence-corrected chi connectivity index (χ1v) is 10.4. The van der Waals surface area contributed by atoms with Crippen LogP contribution in [0, 0.1) is 13.8 Å². The number of aryl methyl sites for hydroxylation is 2. The lowest BCUT2D eigenvalue weighted by Gasteiger charge is -2.35. The Labute approximate surface area is 173 Å². The van der Waals surface area contributed by atoms with Crippen LogP contribution in [-0.4, -0.2) is 39.5 Å². The SMILES string of the molecule is Cc1cn2cc(-c3cc4ccc(N5CCNC6(CC6)C5)cc4oc3=O)nc2c(C)n1. The molecule has 0 bridgehead atoms. The van der Waals surface area contributed by atoms with Gasteiger partial charge in [0.2, 0.25) is 0 Å². The van der Waals surface area contributed by atoms with Crippen LogP contribution < -0.4 is 15.8 Å². The first kappa shape index (κ1) is 17.7. The van der Waals surface area contributed by atoms with E-state index < -0.39 is 0 Å². The number of rotatable bonds is 2. The quantitative estimate of drug-likeness (QED) is 0.521. The minimum absolute atomic E-state index is 0.298. The van der Waals surface area contributed by atoms with Gasteiger partial charge in [0.05, 0.1) is 22.6 Å². The molecule has 1 saturated carbocycles. The zero-order valence-corrected chi connectivity index (χ0v) is 17.1. The Kier molecular flexibility index (Phi) is 3.62. The number of piperazine rings is 1. The van der Waals surface area contributed by atoms with Crippen LogP contribution >= 0.6 is 0 Å². The maximum Gasteiger partial charge on any atom is 0.345 e. The van der Waals surface area contributed by atoms with E-state index in [9.17, 15) is 4.79 Å². The summed E-state index contributed by atoms with van der Waals surface area (Å²) in [6.07, 6.45) is 6.25. The summed E-state index contributed by atoms with van der Waals surface area (Å²) in [5.74, 6) is 0. The lowest BCUT2D eigenvalue weighted by molar-refractivity contribution is 0.442. The fraction of sp³-hybridized carbons (Fsp3) is 0.348. The van der Waals surface area contributed by atoms with Crippen molar-refractivity contribution in [3.8, 4) is 11.3 Å². The van der Waals surface area contributed by atoms with Gasteiger partial charge in [-0.3, -0.25) is 4.98 Å². The Morgan fingerprint density at radius 3 is 2.83 bits per heavy atom. The smallest absolute Gasteiger partial charge is 0.345 e. The number of benzene rings is 1. The third kappa shape index (κ3) is 2.81. The second-order valence-electron chi connectivity index (χ2n) is 8.62. The van der Waals surface area contributed by atoms with Crippen LogP contribution in [0.3, 0.4) is 0 Å². The monoisotopic (exact) mass is 401 g/mol. The third-order valence-electron chi connectivity index (χ3n) is 6.32. The van der Waals surface area contributed by atoms with Gasteiger partial charge in [-0.15, -0.1) is 0 Å². The maximum absolute atomic E-state index is 12.8. The molecule has 0 amide bonds. The summed E-state index contributed by atoms with van der Waals surface area (Å²) in [6, 6.07) is 8.02. The Morgan fingerprint density at radius 1 is 1.13 bits per heavy atom. The summed E-state index contributed by atoms with van der Waals surface area (Å²) in [7, 11) is 0. The molecule has 152 valence electrons. The van der Waals surface area contributed by atoms with Crippen LogP contribution in [0.2, 0.25) is 0 Å². The van der Waals surface area contributed by atoms with E-state index in [0.717, 1.165) is 47.7 Å². The highest BCUT2D eigenvalue weighted by molar-refractivity contribution is 5.84. The summed E-state index contributed by atoms with van der Waals surface area (Å²) in [5, 5.41) is 4.53. The molecule has 1 aromatic carbocycles. The van der Waals surface area contributed by atoms with E-state index >= 15 is 0 Å². The molecule has 2 fully saturated rings. The summed E-state index contributed by atoms with van der Waals surface area (Å²) < 4.78 is 7.65. The molecule has 0 radical (unpaired) electrons. The minimum atomic E-state index is -0.371. The van der Waals surface area contributed by atoms with Crippen molar-refractivity contribution >= 4 is 22.3 Å². The lowest BCUT2D eigenvalue weighted by Crippen LogP contribution is -2.52. The van der Waals surface area contributed by atoms with Crippen molar-refractivity contribution in [2.45, 2.75) is 32.2 Å². The number of nitrogens with one attached hydrogen (secondary N) is 1. The van der Waals surface area contributed by atoms with E-state index in [-0.39, 0.29) is 5.63 Å². The van der Waals surface area contributed by atoms with Crippen LogP contribution in [0.4, 0.5) is 5.69 Å². The number of hydrogen-bond acceptors (Lipinski definition) is 6. The first-order chi connectivity index (χ1) is 14.5. The summed E-state index contributed by atoms with van der Waals surface area (Å²) in [6.45, 7) is 6.82. The van der Waals surface area contributed by atoms with Crippen LogP contribution in [0.5, 0.6) is 0 Å². The van der Waals surface area contributed by atoms with E-state index in [1.165, 1.54) is 12.8 Å². The highest BCUT2D eigenvalue weighted by Crippen LogP contribution is 2.39. The first-order valence-electron chi connectivity index (χ1n) is 10.4. The molecular weight excluding hydrogens is 378 g/mol. The van der Waals surface area contributed by atoms with Gasteiger partial charge in [0.15, 0.2) is 5.65 Å². The number of anilines is 1. The van der Waals surface area contributed by atoms with E-state index in [1.54, 1.807) is 0 Å². The second-order valence-corrected chi connectivity index (χ2v) is 8.62. The van der Waals surface area contributed by atoms with Crippen LogP contribution in [0.1, 0.15) is 24.2 Å². The number of fused-ring (bicyclic) bond motifs is 2. The van der Waals surface area contributed by atoms with Crippen molar-refractivity contribution < 1.29 is 4.42 Å². The molecule has 1 spiro atoms. The van der Waals surface area contributed by atoms with E-state index in [2.05, 4.69) is 26.3 Å². The predicted molar refractivity (Wildman–Crippen MR) is 116 cm³/mol. The zero-order chi connectivity index (χ0) is 20.5. The van der Waals surface area contributed by atoms with Gasteiger partial charge in [-0.05, 0) is 44.9 Å². The van der Waals surface area contributed by atoms with Crippen LogP contribution in [0.15, 0.2) is 45.9 Å². The van der Waals surface area contributed by atoms with E-state index in [1.807, 2.05) is 48.8 Å². The van der Waals surface area contributed by atoms with Crippen molar-refractivity contribution in [2.75, 3.05) is 24.5 Å². The molecule has 3 aromatic heterocycles.